The summed E-state index contributed by atoms with van der Waals surface area (Å²) in [7, 11) is -0.909. The molecule has 0 aliphatic carbocycles. The zero-order valence-electron chi connectivity index (χ0n) is 11.9. The first-order valence-corrected chi connectivity index (χ1v) is 8.29. The summed E-state index contributed by atoms with van der Waals surface area (Å²) in [5.41, 5.74) is 2.17. The Morgan fingerprint density at radius 1 is 1.19 bits per heavy atom. The van der Waals surface area contributed by atoms with Gasteiger partial charge in [0.05, 0.1) is 6.04 Å². The average Bonchev–Trinajstić information content (AvgIpc) is 2.37. The Morgan fingerprint density at radius 2 is 1.95 bits per heavy atom. The van der Waals surface area contributed by atoms with Crippen molar-refractivity contribution in [2.24, 2.45) is 0 Å². The Hall–Kier alpha value is -1.75. The molecule has 0 spiro atoms. The molecule has 2 nitrogen and oxygen atoms in total. The standard InChI is InChI=1S/C16H17F2NOS/c1-11(15-7-6-13(17)9-16(15)18)19-14-5-3-4-12(8-14)10-21(2)20/h3-9,11,19H,10H2,1-2H3/t11-,21+/m0/s1. The maximum Gasteiger partial charge on any atom is 0.131 e. The third kappa shape index (κ3) is 4.36. The molecule has 0 aliphatic rings. The molecule has 0 bridgehead atoms. The molecule has 0 aromatic heterocycles. The molecule has 2 atom stereocenters. The summed E-state index contributed by atoms with van der Waals surface area (Å²) in [5, 5.41) is 3.17. The van der Waals surface area contributed by atoms with Gasteiger partial charge < -0.3 is 5.32 Å². The Balaban J connectivity index is 2.15. The van der Waals surface area contributed by atoms with Gasteiger partial charge in [-0.15, -0.1) is 0 Å². The van der Waals surface area contributed by atoms with Crippen LogP contribution in [0.15, 0.2) is 42.5 Å². The molecule has 0 heterocycles. The second-order valence-corrected chi connectivity index (χ2v) is 6.38. The first kappa shape index (κ1) is 15.6. The van der Waals surface area contributed by atoms with Crippen LogP contribution in [0.25, 0.3) is 0 Å². The number of halogens is 2. The number of benzene rings is 2. The van der Waals surface area contributed by atoms with Crippen LogP contribution in [0, 0.1) is 11.6 Å². The van der Waals surface area contributed by atoms with Gasteiger partial charge in [0.2, 0.25) is 0 Å². The molecule has 2 aromatic carbocycles. The van der Waals surface area contributed by atoms with E-state index in [-0.39, 0.29) is 6.04 Å². The smallest absolute Gasteiger partial charge is 0.131 e. The molecule has 0 unspecified atom stereocenters. The molecule has 5 heteroatoms. The lowest BCUT2D eigenvalue weighted by Gasteiger charge is -2.17. The second kappa shape index (κ2) is 6.80. The zero-order valence-corrected chi connectivity index (χ0v) is 12.7. The van der Waals surface area contributed by atoms with E-state index >= 15 is 0 Å². The van der Waals surface area contributed by atoms with E-state index in [1.807, 2.05) is 24.3 Å². The quantitative estimate of drug-likeness (QED) is 0.904. The van der Waals surface area contributed by atoms with Crippen LogP contribution in [0.2, 0.25) is 0 Å². The van der Waals surface area contributed by atoms with Gasteiger partial charge >= 0.3 is 0 Å². The van der Waals surface area contributed by atoms with Crippen LogP contribution in [0.1, 0.15) is 24.1 Å². The van der Waals surface area contributed by atoms with Crippen molar-refractivity contribution in [3.05, 3.63) is 65.2 Å². The molecular weight excluding hydrogens is 292 g/mol. The maximum absolute atomic E-state index is 13.7. The van der Waals surface area contributed by atoms with Crippen molar-refractivity contribution in [3.63, 3.8) is 0 Å². The molecule has 1 N–H and O–H groups in total. The van der Waals surface area contributed by atoms with E-state index in [4.69, 9.17) is 0 Å². The molecule has 2 aromatic rings. The van der Waals surface area contributed by atoms with Crippen LogP contribution in [-0.2, 0) is 16.6 Å². The normalized spacial score (nSPS) is 13.7. The minimum absolute atomic E-state index is 0.298. The molecule has 112 valence electrons. The summed E-state index contributed by atoms with van der Waals surface area (Å²) in [6, 6.07) is 10.8. The van der Waals surface area contributed by atoms with Crippen LogP contribution in [0.4, 0.5) is 14.5 Å². The van der Waals surface area contributed by atoms with Gasteiger partial charge in [-0.2, -0.15) is 0 Å². The van der Waals surface area contributed by atoms with Gasteiger partial charge in [0, 0.05) is 40.1 Å². The summed E-state index contributed by atoms with van der Waals surface area (Å²) in [6.45, 7) is 1.81. The molecule has 0 saturated heterocycles. The highest BCUT2D eigenvalue weighted by molar-refractivity contribution is 7.83. The SMILES string of the molecule is C[C@H](Nc1cccc(C[S@@](C)=O)c1)c1ccc(F)cc1F. The van der Waals surface area contributed by atoms with Crippen LogP contribution < -0.4 is 5.32 Å². The fourth-order valence-electron chi connectivity index (χ4n) is 2.17. The van der Waals surface area contributed by atoms with E-state index < -0.39 is 22.4 Å². The van der Waals surface area contributed by atoms with Gasteiger partial charge in [0.1, 0.15) is 11.6 Å². The molecule has 0 radical (unpaired) electrons. The van der Waals surface area contributed by atoms with E-state index in [0.29, 0.717) is 11.3 Å². The lowest BCUT2D eigenvalue weighted by Crippen LogP contribution is -2.09. The highest BCUT2D eigenvalue weighted by Crippen LogP contribution is 2.23. The van der Waals surface area contributed by atoms with E-state index in [1.165, 1.54) is 12.1 Å². The number of rotatable bonds is 5. The number of hydrogen-bond acceptors (Lipinski definition) is 2. The summed E-state index contributed by atoms with van der Waals surface area (Å²) < 4.78 is 37.9. The highest BCUT2D eigenvalue weighted by atomic mass is 32.2. The molecule has 21 heavy (non-hydrogen) atoms. The maximum atomic E-state index is 13.7. The van der Waals surface area contributed by atoms with Crippen LogP contribution in [0.5, 0.6) is 0 Å². The lowest BCUT2D eigenvalue weighted by molar-refractivity contribution is 0.566. The average molecular weight is 309 g/mol. The number of nitrogens with one attached hydrogen (secondary N) is 1. The van der Waals surface area contributed by atoms with Crippen LogP contribution in [-0.4, -0.2) is 10.5 Å². The summed E-state index contributed by atoms with van der Waals surface area (Å²) in [6.07, 6.45) is 1.65. The molecule has 0 saturated carbocycles. The van der Waals surface area contributed by atoms with Gasteiger partial charge in [-0.3, -0.25) is 4.21 Å². The van der Waals surface area contributed by atoms with Gasteiger partial charge in [-0.1, -0.05) is 18.2 Å². The minimum atomic E-state index is -0.909. The monoisotopic (exact) mass is 309 g/mol. The van der Waals surface area contributed by atoms with Gasteiger partial charge in [-0.05, 0) is 30.7 Å². The van der Waals surface area contributed by atoms with Crippen LogP contribution in [0.3, 0.4) is 0 Å². The molecule has 0 aliphatic heterocycles. The van der Waals surface area contributed by atoms with Crippen molar-refractivity contribution in [2.75, 3.05) is 11.6 Å². The fourth-order valence-corrected chi connectivity index (χ4v) is 2.82. The van der Waals surface area contributed by atoms with Crippen molar-refractivity contribution in [1.29, 1.82) is 0 Å². The summed E-state index contributed by atoms with van der Waals surface area (Å²) in [4.78, 5) is 0. The minimum Gasteiger partial charge on any atom is -0.378 e. The van der Waals surface area contributed by atoms with Gasteiger partial charge in [0.15, 0.2) is 0 Å². The Bertz CT molecular complexity index is 660. The van der Waals surface area contributed by atoms with Crippen LogP contribution >= 0.6 is 0 Å². The first-order chi connectivity index (χ1) is 9.95. The third-order valence-corrected chi connectivity index (χ3v) is 3.85. The zero-order chi connectivity index (χ0) is 15.4. The van der Waals surface area contributed by atoms with Crippen molar-refractivity contribution in [2.45, 2.75) is 18.7 Å². The first-order valence-electron chi connectivity index (χ1n) is 6.56. The predicted octanol–water partition coefficient (Wildman–Crippen LogP) is 4.02. The van der Waals surface area contributed by atoms with E-state index in [0.717, 1.165) is 17.3 Å². The molecule has 2 rings (SSSR count). The molecule has 0 amide bonds. The summed E-state index contributed by atoms with van der Waals surface area (Å²) in [5.74, 6) is -0.675. The summed E-state index contributed by atoms with van der Waals surface area (Å²) >= 11 is 0. The van der Waals surface area contributed by atoms with Crippen molar-refractivity contribution < 1.29 is 13.0 Å². The third-order valence-electron chi connectivity index (χ3n) is 3.11. The lowest BCUT2D eigenvalue weighted by atomic mass is 10.1. The van der Waals surface area contributed by atoms with E-state index in [9.17, 15) is 13.0 Å². The number of anilines is 1. The molecule has 0 fully saturated rings. The Labute approximate surface area is 125 Å². The topological polar surface area (TPSA) is 29.1 Å². The van der Waals surface area contributed by atoms with Gasteiger partial charge in [0.25, 0.3) is 0 Å². The Morgan fingerprint density at radius 3 is 2.62 bits per heavy atom. The predicted molar refractivity (Wildman–Crippen MR) is 82.6 cm³/mol. The second-order valence-electron chi connectivity index (χ2n) is 4.95. The molecular formula is C16H17F2NOS. The fraction of sp³-hybridized carbons (Fsp3) is 0.250. The van der Waals surface area contributed by atoms with E-state index in [1.54, 1.807) is 13.2 Å². The Kier molecular flexibility index (Phi) is 5.07. The van der Waals surface area contributed by atoms with Crippen molar-refractivity contribution in [3.8, 4) is 0 Å². The number of hydrogen-bond donors (Lipinski definition) is 1. The highest BCUT2D eigenvalue weighted by Gasteiger charge is 2.11. The van der Waals surface area contributed by atoms with E-state index in [2.05, 4.69) is 5.32 Å². The largest absolute Gasteiger partial charge is 0.378 e. The van der Waals surface area contributed by atoms with Crippen molar-refractivity contribution in [1.82, 2.24) is 0 Å². The van der Waals surface area contributed by atoms with Crippen molar-refractivity contribution >= 4 is 16.5 Å². The van der Waals surface area contributed by atoms with Gasteiger partial charge in [-0.25, -0.2) is 8.78 Å².